The normalized spacial score (nSPS) is 10.5. The van der Waals surface area contributed by atoms with Crippen LogP contribution in [0.4, 0.5) is 0 Å². The van der Waals surface area contributed by atoms with E-state index in [0.29, 0.717) is 10.9 Å². The number of aromatic amines is 1. The van der Waals surface area contributed by atoms with Crippen molar-refractivity contribution in [1.29, 1.82) is 0 Å². The summed E-state index contributed by atoms with van der Waals surface area (Å²) in [6, 6.07) is 4.76. The number of hydrogen-bond donors (Lipinski definition) is 2. The standard InChI is InChI=1S/C14H15N3O3S/c1-2-3-10-7-12(18)17-14(16-10)21-8-9-4-5-15-11(6-9)13(19)20/h4-7H,2-3,8H2,1H3,(H,19,20)(H,16,17,18). The number of carboxylic acid groups (broad SMARTS) is 1. The summed E-state index contributed by atoms with van der Waals surface area (Å²) in [5, 5.41) is 9.44. The Kier molecular flexibility index (Phi) is 5.10. The lowest BCUT2D eigenvalue weighted by atomic mass is 10.2. The molecule has 21 heavy (non-hydrogen) atoms. The molecule has 0 atom stereocenters. The highest BCUT2D eigenvalue weighted by Crippen LogP contribution is 2.18. The maximum absolute atomic E-state index is 11.5. The fourth-order valence-electron chi connectivity index (χ4n) is 1.77. The van der Waals surface area contributed by atoms with Crippen molar-refractivity contribution in [1.82, 2.24) is 15.0 Å². The zero-order valence-corrected chi connectivity index (χ0v) is 12.3. The van der Waals surface area contributed by atoms with Gasteiger partial charge in [-0.3, -0.25) is 4.79 Å². The van der Waals surface area contributed by atoms with Gasteiger partial charge >= 0.3 is 5.97 Å². The number of carboxylic acids is 1. The Labute approximate surface area is 125 Å². The molecular formula is C14H15N3O3S. The van der Waals surface area contributed by atoms with Crippen LogP contribution in [0.5, 0.6) is 0 Å². The molecule has 0 radical (unpaired) electrons. The maximum atomic E-state index is 11.5. The molecule has 2 aromatic rings. The molecule has 2 aromatic heterocycles. The Balaban J connectivity index is 2.11. The SMILES string of the molecule is CCCc1cc(=O)[nH]c(SCc2ccnc(C(=O)O)c2)n1. The fourth-order valence-corrected chi connectivity index (χ4v) is 2.61. The summed E-state index contributed by atoms with van der Waals surface area (Å²) >= 11 is 1.36. The van der Waals surface area contributed by atoms with Crippen molar-refractivity contribution in [3.8, 4) is 0 Å². The van der Waals surface area contributed by atoms with Gasteiger partial charge < -0.3 is 10.1 Å². The molecule has 0 aliphatic carbocycles. The summed E-state index contributed by atoms with van der Waals surface area (Å²) in [5.41, 5.74) is 1.42. The first-order chi connectivity index (χ1) is 10.1. The Hall–Kier alpha value is -2.15. The molecule has 0 aliphatic rings. The van der Waals surface area contributed by atoms with Gasteiger partial charge in [0.2, 0.25) is 0 Å². The molecule has 0 saturated heterocycles. The van der Waals surface area contributed by atoms with Crippen LogP contribution in [0.25, 0.3) is 0 Å². The monoisotopic (exact) mass is 305 g/mol. The summed E-state index contributed by atoms with van der Waals surface area (Å²) in [4.78, 5) is 33.2. The lowest BCUT2D eigenvalue weighted by Crippen LogP contribution is -2.10. The van der Waals surface area contributed by atoms with Crippen LogP contribution in [0, 0.1) is 0 Å². The van der Waals surface area contributed by atoms with E-state index in [1.54, 1.807) is 6.07 Å². The van der Waals surface area contributed by atoms with Crippen molar-refractivity contribution in [2.75, 3.05) is 0 Å². The fraction of sp³-hybridized carbons (Fsp3) is 0.286. The molecule has 7 heteroatoms. The average molecular weight is 305 g/mol. The number of hydrogen-bond acceptors (Lipinski definition) is 5. The molecule has 2 heterocycles. The van der Waals surface area contributed by atoms with Gasteiger partial charge in [0.15, 0.2) is 5.16 Å². The van der Waals surface area contributed by atoms with Crippen LogP contribution in [-0.4, -0.2) is 26.0 Å². The zero-order valence-electron chi connectivity index (χ0n) is 11.5. The maximum Gasteiger partial charge on any atom is 0.354 e. The largest absolute Gasteiger partial charge is 0.477 e. The Morgan fingerprint density at radius 2 is 2.24 bits per heavy atom. The summed E-state index contributed by atoms with van der Waals surface area (Å²) < 4.78 is 0. The molecule has 0 aliphatic heterocycles. The highest BCUT2D eigenvalue weighted by molar-refractivity contribution is 7.98. The Morgan fingerprint density at radius 3 is 2.95 bits per heavy atom. The van der Waals surface area contributed by atoms with Crippen molar-refractivity contribution in [3.63, 3.8) is 0 Å². The van der Waals surface area contributed by atoms with E-state index in [1.807, 2.05) is 6.92 Å². The topological polar surface area (TPSA) is 95.9 Å². The number of aromatic nitrogens is 3. The van der Waals surface area contributed by atoms with Gasteiger partial charge in [0.05, 0.1) is 0 Å². The third kappa shape index (κ3) is 4.42. The molecule has 0 bridgehead atoms. The van der Waals surface area contributed by atoms with Gasteiger partial charge in [-0.15, -0.1) is 0 Å². The van der Waals surface area contributed by atoms with Crippen molar-refractivity contribution >= 4 is 17.7 Å². The first-order valence-electron chi connectivity index (χ1n) is 6.49. The van der Waals surface area contributed by atoms with Gasteiger partial charge in [-0.05, 0) is 24.1 Å². The van der Waals surface area contributed by atoms with Crippen molar-refractivity contribution in [2.24, 2.45) is 0 Å². The molecule has 0 saturated carbocycles. The molecular weight excluding hydrogens is 290 g/mol. The summed E-state index contributed by atoms with van der Waals surface area (Å²) in [6.07, 6.45) is 3.14. The van der Waals surface area contributed by atoms with Crippen LogP contribution in [-0.2, 0) is 12.2 Å². The van der Waals surface area contributed by atoms with Crippen molar-refractivity contribution in [2.45, 2.75) is 30.7 Å². The minimum absolute atomic E-state index is 0.00860. The van der Waals surface area contributed by atoms with E-state index in [-0.39, 0.29) is 11.3 Å². The van der Waals surface area contributed by atoms with E-state index in [2.05, 4.69) is 15.0 Å². The minimum atomic E-state index is -1.06. The number of rotatable bonds is 6. The summed E-state index contributed by atoms with van der Waals surface area (Å²) in [6.45, 7) is 2.03. The number of thioether (sulfide) groups is 1. The van der Waals surface area contributed by atoms with Crippen LogP contribution in [0.15, 0.2) is 34.3 Å². The predicted molar refractivity (Wildman–Crippen MR) is 79.6 cm³/mol. The van der Waals surface area contributed by atoms with Gasteiger partial charge in [-0.1, -0.05) is 25.1 Å². The minimum Gasteiger partial charge on any atom is -0.477 e. The van der Waals surface area contributed by atoms with Crippen LogP contribution in [0.3, 0.4) is 0 Å². The lowest BCUT2D eigenvalue weighted by Gasteiger charge is -2.04. The van der Waals surface area contributed by atoms with Gasteiger partial charge in [0, 0.05) is 23.7 Å². The quantitative estimate of drug-likeness (QED) is 0.627. The smallest absolute Gasteiger partial charge is 0.354 e. The summed E-state index contributed by atoms with van der Waals surface area (Å²) in [7, 11) is 0. The highest BCUT2D eigenvalue weighted by Gasteiger charge is 2.07. The predicted octanol–water partition coefficient (Wildman–Crippen LogP) is 2.11. The number of nitrogens with zero attached hydrogens (tertiary/aromatic N) is 2. The number of aryl methyl sites for hydroxylation is 1. The molecule has 0 unspecified atom stereocenters. The van der Waals surface area contributed by atoms with E-state index in [1.165, 1.54) is 30.1 Å². The first-order valence-corrected chi connectivity index (χ1v) is 7.48. The van der Waals surface area contributed by atoms with E-state index in [4.69, 9.17) is 5.11 Å². The summed E-state index contributed by atoms with van der Waals surface area (Å²) in [5.74, 6) is -0.542. The van der Waals surface area contributed by atoms with E-state index in [9.17, 15) is 9.59 Å². The van der Waals surface area contributed by atoms with Gasteiger partial charge in [0.25, 0.3) is 5.56 Å². The van der Waals surface area contributed by atoms with E-state index < -0.39 is 5.97 Å². The average Bonchev–Trinajstić information content (AvgIpc) is 2.45. The van der Waals surface area contributed by atoms with E-state index >= 15 is 0 Å². The number of aromatic carboxylic acids is 1. The van der Waals surface area contributed by atoms with Crippen molar-refractivity contribution < 1.29 is 9.90 Å². The van der Waals surface area contributed by atoms with Crippen LogP contribution in [0.2, 0.25) is 0 Å². The second kappa shape index (κ2) is 7.03. The zero-order chi connectivity index (χ0) is 15.2. The molecule has 0 amide bonds. The Morgan fingerprint density at radius 1 is 1.43 bits per heavy atom. The van der Waals surface area contributed by atoms with E-state index in [0.717, 1.165) is 24.1 Å². The molecule has 2 rings (SSSR count). The third-order valence-electron chi connectivity index (χ3n) is 2.70. The third-order valence-corrected chi connectivity index (χ3v) is 3.64. The number of nitrogens with one attached hydrogen (secondary N) is 1. The number of H-pyrrole nitrogens is 1. The molecule has 2 N–H and O–H groups in total. The second-order valence-electron chi connectivity index (χ2n) is 4.44. The molecule has 6 nitrogen and oxygen atoms in total. The van der Waals surface area contributed by atoms with Crippen LogP contribution in [0.1, 0.15) is 35.1 Å². The number of carbonyl (C=O) groups is 1. The van der Waals surface area contributed by atoms with Crippen LogP contribution < -0.4 is 5.56 Å². The van der Waals surface area contributed by atoms with Crippen molar-refractivity contribution in [3.05, 3.63) is 51.7 Å². The molecule has 0 fully saturated rings. The van der Waals surface area contributed by atoms with Gasteiger partial charge in [-0.25, -0.2) is 14.8 Å². The molecule has 110 valence electrons. The molecule has 0 aromatic carbocycles. The van der Waals surface area contributed by atoms with Crippen LogP contribution >= 0.6 is 11.8 Å². The van der Waals surface area contributed by atoms with Gasteiger partial charge in [0.1, 0.15) is 5.69 Å². The molecule has 0 spiro atoms. The first kappa shape index (κ1) is 15.2. The number of pyridine rings is 1. The van der Waals surface area contributed by atoms with Gasteiger partial charge in [-0.2, -0.15) is 0 Å². The lowest BCUT2D eigenvalue weighted by molar-refractivity contribution is 0.0690. The Bertz CT molecular complexity index is 700. The highest BCUT2D eigenvalue weighted by atomic mass is 32.2. The second-order valence-corrected chi connectivity index (χ2v) is 5.40.